The first-order valence-electron chi connectivity index (χ1n) is 9.41. The zero-order valence-electron chi connectivity index (χ0n) is 16.1. The molecular formula is C20H22N4O5S. The number of rotatable bonds is 7. The smallest absolute Gasteiger partial charge is 0.159 e. The van der Waals surface area contributed by atoms with Crippen molar-refractivity contribution < 1.29 is 25.5 Å². The first-order chi connectivity index (χ1) is 14.4. The second-order valence-electron chi connectivity index (χ2n) is 7.15. The Bertz CT molecular complexity index is 1100. The van der Waals surface area contributed by atoms with Crippen molar-refractivity contribution in [2.45, 2.75) is 37.8 Å². The summed E-state index contributed by atoms with van der Waals surface area (Å²) < 4.78 is 0. The highest BCUT2D eigenvalue weighted by molar-refractivity contribution is 7.19. The summed E-state index contributed by atoms with van der Waals surface area (Å²) in [5.41, 5.74) is 6.25. The van der Waals surface area contributed by atoms with Gasteiger partial charge < -0.3 is 25.5 Å². The van der Waals surface area contributed by atoms with Crippen LogP contribution in [0.5, 0.6) is 0 Å². The average molecular weight is 430 g/mol. The van der Waals surface area contributed by atoms with Crippen LogP contribution in [-0.2, 0) is 6.42 Å². The maximum atomic E-state index is 10.0. The number of nitrogens with one attached hydrogen (secondary N) is 1. The lowest BCUT2D eigenvalue weighted by Gasteiger charge is -2.23. The van der Waals surface area contributed by atoms with E-state index in [9.17, 15) is 20.4 Å². The second-order valence-corrected chi connectivity index (χ2v) is 8.23. The predicted molar refractivity (Wildman–Crippen MR) is 114 cm³/mol. The molecule has 4 atom stereocenters. The average Bonchev–Trinajstić information content (AvgIpc) is 3.27. The maximum absolute atomic E-state index is 10.0. The first-order valence-corrected chi connectivity index (χ1v) is 10.2. The van der Waals surface area contributed by atoms with Crippen LogP contribution in [0.2, 0.25) is 0 Å². The SMILES string of the molecule is Cc1nc(N/N=C/[C@H](O)[C@@H](O)[C@H](O)[C@H](O)CO)c2c3c(sc2n1)Cc1ccccc1-3. The predicted octanol–water partition coefficient (Wildman–Crippen LogP) is 0.405. The summed E-state index contributed by atoms with van der Waals surface area (Å²) in [6, 6.07) is 8.16. The molecule has 2 heterocycles. The van der Waals surface area contributed by atoms with Gasteiger partial charge in [0.15, 0.2) is 5.82 Å². The van der Waals surface area contributed by atoms with Crippen LogP contribution in [0.25, 0.3) is 21.3 Å². The van der Waals surface area contributed by atoms with Crippen LogP contribution in [0.4, 0.5) is 5.82 Å². The molecule has 3 aromatic rings. The van der Waals surface area contributed by atoms with Gasteiger partial charge in [0.1, 0.15) is 35.1 Å². The molecule has 2 aromatic heterocycles. The molecule has 158 valence electrons. The van der Waals surface area contributed by atoms with E-state index in [4.69, 9.17) is 5.11 Å². The molecule has 0 unspecified atom stereocenters. The molecule has 4 rings (SSSR count). The molecule has 0 amide bonds. The number of anilines is 1. The lowest BCUT2D eigenvalue weighted by Crippen LogP contribution is -2.46. The Hall–Kier alpha value is -2.47. The number of nitrogens with zero attached hydrogens (tertiary/aromatic N) is 3. The van der Waals surface area contributed by atoms with Crippen LogP contribution >= 0.6 is 11.3 Å². The van der Waals surface area contributed by atoms with Gasteiger partial charge >= 0.3 is 0 Å². The molecule has 1 aliphatic rings. The standard InChI is InChI=1S/C20H22N4O5S/c1-9-22-19(24-21-7-12(26)17(28)18(29)13(27)8-25)16-15-11-5-3-2-4-10(11)6-14(15)30-20(16)23-9/h2-5,7,12-13,17-18,25-29H,6,8H2,1H3,(H,22,23,24)/b21-7+/t12-,13+,17+,18+/m0/s1. The van der Waals surface area contributed by atoms with E-state index in [1.165, 1.54) is 10.4 Å². The van der Waals surface area contributed by atoms with Gasteiger partial charge in [0.2, 0.25) is 0 Å². The third kappa shape index (κ3) is 3.69. The molecule has 0 radical (unpaired) electrons. The van der Waals surface area contributed by atoms with Gasteiger partial charge in [0, 0.05) is 16.9 Å². The van der Waals surface area contributed by atoms with Crippen LogP contribution in [-0.4, -0.2) is 72.7 Å². The lowest BCUT2D eigenvalue weighted by molar-refractivity contribution is -0.0999. The molecule has 0 fully saturated rings. The topological polar surface area (TPSA) is 151 Å². The molecule has 0 saturated carbocycles. The minimum atomic E-state index is -1.72. The third-order valence-electron chi connectivity index (χ3n) is 5.05. The number of aliphatic hydroxyl groups excluding tert-OH is 5. The quantitative estimate of drug-likeness (QED) is 0.182. The van der Waals surface area contributed by atoms with E-state index in [0.717, 1.165) is 34.0 Å². The molecule has 0 saturated heterocycles. The molecule has 1 aliphatic carbocycles. The van der Waals surface area contributed by atoms with Gasteiger partial charge in [-0.1, -0.05) is 24.3 Å². The van der Waals surface area contributed by atoms with Gasteiger partial charge in [-0.25, -0.2) is 9.97 Å². The fraction of sp³-hybridized carbons (Fsp3) is 0.350. The Morgan fingerprint density at radius 3 is 2.70 bits per heavy atom. The third-order valence-corrected chi connectivity index (χ3v) is 6.14. The summed E-state index contributed by atoms with van der Waals surface area (Å²) in [5.74, 6) is 1.04. The van der Waals surface area contributed by atoms with Crippen molar-refractivity contribution in [3.63, 3.8) is 0 Å². The number of hydrogen-bond donors (Lipinski definition) is 6. The monoisotopic (exact) mass is 430 g/mol. The van der Waals surface area contributed by atoms with Crippen molar-refractivity contribution in [2.75, 3.05) is 12.0 Å². The first kappa shape index (κ1) is 20.8. The van der Waals surface area contributed by atoms with E-state index in [2.05, 4.69) is 32.6 Å². The number of hydrazone groups is 1. The molecule has 0 aliphatic heterocycles. The lowest BCUT2D eigenvalue weighted by atomic mass is 10.0. The normalized spacial score (nSPS) is 17.0. The van der Waals surface area contributed by atoms with Gasteiger partial charge in [0.25, 0.3) is 0 Å². The number of fused-ring (bicyclic) bond motifs is 5. The molecule has 10 heteroatoms. The summed E-state index contributed by atoms with van der Waals surface area (Å²) in [7, 11) is 0. The van der Waals surface area contributed by atoms with E-state index in [1.807, 2.05) is 12.1 Å². The molecule has 30 heavy (non-hydrogen) atoms. The summed E-state index contributed by atoms with van der Waals surface area (Å²) in [6.07, 6.45) is -4.75. The Balaban J connectivity index is 1.62. The zero-order chi connectivity index (χ0) is 21.4. The van der Waals surface area contributed by atoms with Gasteiger partial charge in [-0.05, 0) is 18.1 Å². The van der Waals surface area contributed by atoms with Crippen molar-refractivity contribution in [1.29, 1.82) is 0 Å². The molecular weight excluding hydrogens is 408 g/mol. The van der Waals surface area contributed by atoms with Crippen LogP contribution in [0.15, 0.2) is 29.4 Å². The molecule has 0 bridgehead atoms. The molecule has 6 N–H and O–H groups in total. The van der Waals surface area contributed by atoms with E-state index >= 15 is 0 Å². The Morgan fingerprint density at radius 2 is 1.93 bits per heavy atom. The van der Waals surface area contributed by atoms with Crippen LogP contribution in [0.3, 0.4) is 0 Å². The number of hydrogen-bond acceptors (Lipinski definition) is 10. The number of thiophene rings is 1. The Kier molecular flexibility index (Phi) is 5.78. The summed E-state index contributed by atoms with van der Waals surface area (Å²) in [6.45, 7) is 1.03. The number of aromatic nitrogens is 2. The van der Waals surface area contributed by atoms with Crippen LogP contribution in [0, 0.1) is 6.92 Å². The minimum absolute atomic E-state index is 0.473. The number of benzene rings is 1. The van der Waals surface area contributed by atoms with Crippen molar-refractivity contribution in [3.05, 3.63) is 40.5 Å². The summed E-state index contributed by atoms with van der Waals surface area (Å²) >= 11 is 1.61. The van der Waals surface area contributed by atoms with E-state index in [-0.39, 0.29) is 0 Å². The van der Waals surface area contributed by atoms with Gasteiger partial charge in [-0.2, -0.15) is 5.10 Å². The Labute approximate surface area is 176 Å². The fourth-order valence-corrected chi connectivity index (χ4v) is 4.79. The Morgan fingerprint density at radius 1 is 1.17 bits per heavy atom. The summed E-state index contributed by atoms with van der Waals surface area (Å²) in [5, 5.41) is 52.6. The van der Waals surface area contributed by atoms with Crippen molar-refractivity contribution in [3.8, 4) is 11.1 Å². The maximum Gasteiger partial charge on any atom is 0.159 e. The minimum Gasteiger partial charge on any atom is -0.394 e. The fourth-order valence-electron chi connectivity index (χ4n) is 3.54. The number of aryl methyl sites for hydroxylation is 1. The second kappa shape index (κ2) is 8.34. The molecule has 0 spiro atoms. The van der Waals surface area contributed by atoms with Gasteiger partial charge in [-0.15, -0.1) is 11.3 Å². The van der Waals surface area contributed by atoms with Crippen LogP contribution < -0.4 is 5.43 Å². The molecule has 1 aromatic carbocycles. The van der Waals surface area contributed by atoms with Crippen molar-refractivity contribution in [2.24, 2.45) is 5.10 Å². The highest BCUT2D eigenvalue weighted by Gasteiger charge is 2.29. The van der Waals surface area contributed by atoms with E-state index < -0.39 is 31.0 Å². The summed E-state index contributed by atoms with van der Waals surface area (Å²) in [4.78, 5) is 11.0. The van der Waals surface area contributed by atoms with Crippen molar-refractivity contribution >= 4 is 33.6 Å². The number of aliphatic hydroxyl groups is 5. The van der Waals surface area contributed by atoms with Gasteiger partial charge in [-0.3, -0.25) is 5.43 Å². The van der Waals surface area contributed by atoms with E-state index in [0.29, 0.717) is 11.6 Å². The largest absolute Gasteiger partial charge is 0.394 e. The highest BCUT2D eigenvalue weighted by Crippen LogP contribution is 2.47. The zero-order valence-corrected chi connectivity index (χ0v) is 16.9. The van der Waals surface area contributed by atoms with Crippen molar-refractivity contribution in [1.82, 2.24) is 9.97 Å². The van der Waals surface area contributed by atoms with Gasteiger partial charge in [0.05, 0.1) is 18.2 Å². The van der Waals surface area contributed by atoms with Crippen LogP contribution in [0.1, 0.15) is 16.3 Å². The van der Waals surface area contributed by atoms with E-state index in [1.54, 1.807) is 18.3 Å². The molecule has 9 nitrogen and oxygen atoms in total. The highest BCUT2D eigenvalue weighted by atomic mass is 32.1.